The van der Waals surface area contributed by atoms with Crippen LogP contribution in [0, 0.1) is 5.41 Å². The van der Waals surface area contributed by atoms with Gasteiger partial charge in [0.1, 0.15) is 6.04 Å². The average molecular weight is 216 g/mol. The molecule has 1 amide bonds. The highest BCUT2D eigenvalue weighted by Crippen LogP contribution is 2.17. The molecule has 88 valence electrons. The van der Waals surface area contributed by atoms with Gasteiger partial charge < -0.3 is 16.2 Å². The SMILES string of the molecule is CC[C@H](NC(=O)C(N)C(C)(C)C)C(=O)O. The topological polar surface area (TPSA) is 92.4 Å². The summed E-state index contributed by atoms with van der Waals surface area (Å²) in [5.41, 5.74) is 5.32. The van der Waals surface area contributed by atoms with Gasteiger partial charge in [0.15, 0.2) is 0 Å². The Morgan fingerprint density at radius 2 is 1.87 bits per heavy atom. The lowest BCUT2D eigenvalue weighted by atomic mass is 9.87. The molecule has 0 aromatic heterocycles. The van der Waals surface area contributed by atoms with E-state index in [1.54, 1.807) is 6.92 Å². The van der Waals surface area contributed by atoms with Crippen molar-refractivity contribution in [3.8, 4) is 0 Å². The molecule has 0 radical (unpaired) electrons. The van der Waals surface area contributed by atoms with E-state index in [0.717, 1.165) is 0 Å². The molecule has 0 aliphatic heterocycles. The van der Waals surface area contributed by atoms with E-state index in [2.05, 4.69) is 5.32 Å². The monoisotopic (exact) mass is 216 g/mol. The van der Waals surface area contributed by atoms with Crippen LogP contribution in [-0.4, -0.2) is 29.1 Å². The van der Waals surface area contributed by atoms with Crippen molar-refractivity contribution in [3.05, 3.63) is 0 Å². The summed E-state index contributed by atoms with van der Waals surface area (Å²) in [5, 5.41) is 11.2. The second-order valence-corrected chi connectivity index (χ2v) is 4.65. The molecule has 0 aromatic rings. The third-order valence-corrected chi connectivity index (χ3v) is 2.24. The lowest BCUT2D eigenvalue weighted by Crippen LogP contribution is -2.53. The molecule has 0 aliphatic carbocycles. The number of carbonyl (C=O) groups is 2. The van der Waals surface area contributed by atoms with Gasteiger partial charge in [-0.25, -0.2) is 4.79 Å². The summed E-state index contributed by atoms with van der Waals surface area (Å²) < 4.78 is 0. The highest BCUT2D eigenvalue weighted by Gasteiger charge is 2.29. The summed E-state index contributed by atoms with van der Waals surface area (Å²) in [6.07, 6.45) is 0.345. The van der Waals surface area contributed by atoms with Crippen LogP contribution < -0.4 is 11.1 Å². The van der Waals surface area contributed by atoms with Crippen LogP contribution in [0.25, 0.3) is 0 Å². The number of nitrogens with two attached hydrogens (primary N) is 1. The molecule has 15 heavy (non-hydrogen) atoms. The van der Waals surface area contributed by atoms with Crippen LogP contribution in [0.2, 0.25) is 0 Å². The van der Waals surface area contributed by atoms with Gasteiger partial charge in [-0.05, 0) is 11.8 Å². The molecular weight excluding hydrogens is 196 g/mol. The number of aliphatic carboxylic acids is 1. The minimum absolute atomic E-state index is 0.345. The first kappa shape index (κ1) is 13.9. The second kappa shape index (κ2) is 5.11. The number of carboxylic acid groups (broad SMARTS) is 1. The Morgan fingerprint density at radius 1 is 1.40 bits per heavy atom. The molecule has 0 heterocycles. The third-order valence-electron chi connectivity index (χ3n) is 2.24. The highest BCUT2D eigenvalue weighted by molar-refractivity contribution is 5.87. The van der Waals surface area contributed by atoms with E-state index in [-0.39, 0.29) is 5.41 Å². The molecule has 0 saturated heterocycles. The molecule has 0 aromatic carbocycles. The molecular formula is C10H20N2O3. The highest BCUT2D eigenvalue weighted by atomic mass is 16.4. The van der Waals surface area contributed by atoms with E-state index >= 15 is 0 Å². The van der Waals surface area contributed by atoms with Crippen molar-refractivity contribution < 1.29 is 14.7 Å². The molecule has 0 saturated carbocycles. The largest absolute Gasteiger partial charge is 0.480 e. The van der Waals surface area contributed by atoms with Crippen molar-refractivity contribution in [3.63, 3.8) is 0 Å². The van der Waals surface area contributed by atoms with Crippen LogP contribution in [0.4, 0.5) is 0 Å². The van der Waals surface area contributed by atoms with Crippen molar-refractivity contribution >= 4 is 11.9 Å². The maximum atomic E-state index is 11.6. The summed E-state index contributed by atoms with van der Waals surface area (Å²) in [4.78, 5) is 22.2. The van der Waals surface area contributed by atoms with E-state index in [1.807, 2.05) is 20.8 Å². The number of rotatable bonds is 4. The van der Waals surface area contributed by atoms with Crippen molar-refractivity contribution in [1.82, 2.24) is 5.32 Å². The number of amides is 1. The van der Waals surface area contributed by atoms with Crippen LogP contribution in [0.5, 0.6) is 0 Å². The molecule has 5 nitrogen and oxygen atoms in total. The fourth-order valence-electron chi connectivity index (χ4n) is 0.993. The summed E-state index contributed by atoms with van der Waals surface area (Å²) in [6.45, 7) is 7.19. The molecule has 5 heteroatoms. The fraction of sp³-hybridized carbons (Fsp3) is 0.800. The van der Waals surface area contributed by atoms with Crippen molar-refractivity contribution in [2.45, 2.75) is 46.2 Å². The van der Waals surface area contributed by atoms with Crippen molar-refractivity contribution in [1.29, 1.82) is 0 Å². The van der Waals surface area contributed by atoms with Crippen LogP contribution in [0.3, 0.4) is 0 Å². The zero-order valence-electron chi connectivity index (χ0n) is 9.70. The molecule has 1 unspecified atom stereocenters. The Labute approximate surface area is 90.0 Å². The second-order valence-electron chi connectivity index (χ2n) is 4.65. The van der Waals surface area contributed by atoms with E-state index in [0.29, 0.717) is 6.42 Å². The van der Waals surface area contributed by atoms with Gasteiger partial charge >= 0.3 is 5.97 Å². The zero-order chi connectivity index (χ0) is 12.2. The first-order chi connectivity index (χ1) is 6.70. The van der Waals surface area contributed by atoms with Crippen molar-refractivity contribution in [2.24, 2.45) is 11.1 Å². The molecule has 2 atom stereocenters. The van der Waals surface area contributed by atoms with Crippen LogP contribution in [0.1, 0.15) is 34.1 Å². The first-order valence-corrected chi connectivity index (χ1v) is 4.99. The number of hydrogen-bond donors (Lipinski definition) is 3. The minimum Gasteiger partial charge on any atom is -0.480 e. The van der Waals surface area contributed by atoms with Gasteiger partial charge in [0.25, 0.3) is 0 Å². The minimum atomic E-state index is -1.04. The van der Waals surface area contributed by atoms with Gasteiger partial charge in [-0.1, -0.05) is 27.7 Å². The van der Waals surface area contributed by atoms with Gasteiger partial charge in [-0.15, -0.1) is 0 Å². The molecule has 0 rings (SSSR count). The lowest BCUT2D eigenvalue weighted by molar-refractivity contribution is -0.142. The Balaban J connectivity index is 4.42. The van der Waals surface area contributed by atoms with Gasteiger partial charge in [0.05, 0.1) is 6.04 Å². The quantitative estimate of drug-likeness (QED) is 0.631. The smallest absolute Gasteiger partial charge is 0.326 e. The van der Waals surface area contributed by atoms with Gasteiger partial charge in [-0.2, -0.15) is 0 Å². The molecule has 0 spiro atoms. The predicted molar refractivity (Wildman–Crippen MR) is 57.3 cm³/mol. The molecule has 0 aliphatic rings. The first-order valence-electron chi connectivity index (χ1n) is 4.99. The maximum Gasteiger partial charge on any atom is 0.326 e. The number of hydrogen-bond acceptors (Lipinski definition) is 3. The molecule has 0 bridgehead atoms. The predicted octanol–water partition coefficient (Wildman–Crippen LogP) is 0.339. The number of carbonyl (C=O) groups excluding carboxylic acids is 1. The normalized spacial score (nSPS) is 15.5. The fourth-order valence-corrected chi connectivity index (χ4v) is 0.993. The van der Waals surface area contributed by atoms with Crippen molar-refractivity contribution in [2.75, 3.05) is 0 Å². The lowest BCUT2D eigenvalue weighted by Gasteiger charge is -2.27. The molecule has 4 N–H and O–H groups in total. The average Bonchev–Trinajstić information content (AvgIpc) is 2.10. The Bertz CT molecular complexity index is 246. The maximum absolute atomic E-state index is 11.6. The van der Waals surface area contributed by atoms with Crippen LogP contribution in [0.15, 0.2) is 0 Å². The summed E-state index contributed by atoms with van der Waals surface area (Å²) in [7, 11) is 0. The zero-order valence-corrected chi connectivity index (χ0v) is 9.70. The Kier molecular flexibility index (Phi) is 4.74. The van der Waals surface area contributed by atoms with E-state index in [4.69, 9.17) is 10.8 Å². The van der Waals surface area contributed by atoms with Crippen LogP contribution >= 0.6 is 0 Å². The number of nitrogens with one attached hydrogen (secondary N) is 1. The van der Waals surface area contributed by atoms with Gasteiger partial charge in [0, 0.05) is 0 Å². The third kappa shape index (κ3) is 4.29. The van der Waals surface area contributed by atoms with E-state index < -0.39 is 24.0 Å². The van der Waals surface area contributed by atoms with E-state index in [1.165, 1.54) is 0 Å². The number of carboxylic acids is 1. The van der Waals surface area contributed by atoms with Gasteiger partial charge in [-0.3, -0.25) is 4.79 Å². The summed E-state index contributed by atoms with van der Waals surface area (Å²) >= 11 is 0. The molecule has 0 fully saturated rings. The standard InChI is InChI=1S/C10H20N2O3/c1-5-6(9(14)15)12-8(13)7(11)10(2,3)4/h6-7H,5,11H2,1-4H3,(H,12,13)(H,14,15)/t6-,7?/m0/s1. The van der Waals surface area contributed by atoms with Gasteiger partial charge in [0.2, 0.25) is 5.91 Å². The Morgan fingerprint density at radius 3 is 2.13 bits per heavy atom. The summed E-state index contributed by atoms with van der Waals surface area (Å²) in [6, 6.07) is -1.56. The summed E-state index contributed by atoms with van der Waals surface area (Å²) in [5.74, 6) is -1.45. The van der Waals surface area contributed by atoms with E-state index in [9.17, 15) is 9.59 Å². The van der Waals surface area contributed by atoms with Crippen LogP contribution in [-0.2, 0) is 9.59 Å². The Hall–Kier alpha value is -1.10.